The zero-order chi connectivity index (χ0) is 11.3. The number of carbonyl (C=O) groups excluding carboxylic acids is 1. The Hall–Kier alpha value is -1.66. The van der Waals surface area contributed by atoms with E-state index >= 15 is 0 Å². The van der Waals surface area contributed by atoms with E-state index in [-0.39, 0.29) is 5.91 Å². The van der Waals surface area contributed by atoms with Crippen molar-refractivity contribution < 1.29 is 4.79 Å². The Kier molecular flexibility index (Phi) is 4.02. The minimum atomic E-state index is -0.103. The molecule has 0 aromatic heterocycles. The highest BCUT2D eigenvalue weighted by Gasteiger charge is 1.95. The predicted molar refractivity (Wildman–Crippen MR) is 61.4 cm³/mol. The Labute approximate surface area is 93.6 Å². The molecule has 0 atom stereocenters. The normalized spacial score (nSPS) is 8.93. The van der Waals surface area contributed by atoms with Crippen LogP contribution in [0, 0.1) is 11.8 Å². The Morgan fingerprint density at radius 2 is 2.33 bits per heavy atom. The van der Waals surface area contributed by atoms with Crippen LogP contribution in [-0.2, 0) is 4.79 Å². The molecule has 1 aromatic carbocycles. The second kappa shape index (κ2) is 5.28. The van der Waals surface area contributed by atoms with Crippen molar-refractivity contribution >= 4 is 23.2 Å². The van der Waals surface area contributed by atoms with Crippen LogP contribution in [0.5, 0.6) is 0 Å². The van der Waals surface area contributed by atoms with Crippen LogP contribution in [-0.4, -0.2) is 12.5 Å². The third kappa shape index (κ3) is 3.92. The molecule has 3 N–H and O–H groups in total. The van der Waals surface area contributed by atoms with E-state index in [1.807, 2.05) is 0 Å². The van der Waals surface area contributed by atoms with Gasteiger partial charge in [0.15, 0.2) is 0 Å². The molecule has 0 heterocycles. The molecule has 0 radical (unpaired) electrons. The molecule has 0 fully saturated rings. The molecular formula is C11H11ClN2O. The van der Waals surface area contributed by atoms with Crippen LogP contribution in [0.1, 0.15) is 12.5 Å². The van der Waals surface area contributed by atoms with E-state index in [0.29, 0.717) is 22.8 Å². The van der Waals surface area contributed by atoms with Gasteiger partial charge in [0.25, 0.3) is 0 Å². The third-order valence-corrected chi connectivity index (χ3v) is 1.90. The zero-order valence-corrected chi connectivity index (χ0v) is 9.06. The smallest absolute Gasteiger partial charge is 0.217 e. The van der Waals surface area contributed by atoms with Crippen LogP contribution in [0.2, 0.25) is 5.02 Å². The topological polar surface area (TPSA) is 55.1 Å². The van der Waals surface area contributed by atoms with Crippen molar-refractivity contribution in [1.29, 1.82) is 0 Å². The first kappa shape index (κ1) is 11.4. The average Bonchev–Trinajstić information content (AvgIpc) is 2.14. The van der Waals surface area contributed by atoms with Gasteiger partial charge in [0, 0.05) is 23.2 Å². The molecular weight excluding hydrogens is 212 g/mol. The van der Waals surface area contributed by atoms with Crippen molar-refractivity contribution in [3.8, 4) is 11.8 Å². The van der Waals surface area contributed by atoms with E-state index in [1.165, 1.54) is 6.92 Å². The van der Waals surface area contributed by atoms with E-state index < -0.39 is 0 Å². The fourth-order valence-electron chi connectivity index (χ4n) is 0.956. The summed E-state index contributed by atoms with van der Waals surface area (Å²) in [5, 5.41) is 3.15. The molecule has 1 aromatic rings. The highest BCUT2D eigenvalue weighted by atomic mass is 35.5. The van der Waals surface area contributed by atoms with E-state index in [0.717, 1.165) is 0 Å². The van der Waals surface area contributed by atoms with Gasteiger partial charge < -0.3 is 11.1 Å². The van der Waals surface area contributed by atoms with Crippen molar-refractivity contribution in [2.75, 3.05) is 12.3 Å². The number of nitrogens with one attached hydrogen (secondary N) is 1. The molecule has 0 aliphatic rings. The number of nitrogen functional groups attached to an aromatic ring is 1. The number of benzene rings is 1. The van der Waals surface area contributed by atoms with Gasteiger partial charge in [-0.25, -0.2) is 0 Å². The van der Waals surface area contributed by atoms with E-state index in [2.05, 4.69) is 17.2 Å². The quantitative estimate of drug-likeness (QED) is 0.558. The Morgan fingerprint density at radius 1 is 1.60 bits per heavy atom. The van der Waals surface area contributed by atoms with Crippen molar-refractivity contribution in [3.63, 3.8) is 0 Å². The summed E-state index contributed by atoms with van der Waals surface area (Å²) >= 11 is 5.73. The van der Waals surface area contributed by atoms with Gasteiger partial charge in [0.05, 0.1) is 6.54 Å². The van der Waals surface area contributed by atoms with Gasteiger partial charge in [-0.15, -0.1) is 0 Å². The lowest BCUT2D eigenvalue weighted by atomic mass is 10.2. The lowest BCUT2D eigenvalue weighted by Crippen LogP contribution is -2.19. The number of amides is 1. The van der Waals surface area contributed by atoms with Crippen molar-refractivity contribution in [1.82, 2.24) is 5.32 Å². The van der Waals surface area contributed by atoms with E-state index in [9.17, 15) is 4.79 Å². The van der Waals surface area contributed by atoms with Gasteiger partial charge in [0.1, 0.15) is 0 Å². The van der Waals surface area contributed by atoms with Crippen molar-refractivity contribution in [3.05, 3.63) is 28.8 Å². The Bertz CT molecular complexity index is 432. The first-order chi connectivity index (χ1) is 7.09. The van der Waals surface area contributed by atoms with Gasteiger partial charge in [0.2, 0.25) is 5.91 Å². The molecule has 0 aliphatic carbocycles. The van der Waals surface area contributed by atoms with Crippen LogP contribution in [0.4, 0.5) is 5.69 Å². The van der Waals surface area contributed by atoms with E-state index in [1.54, 1.807) is 18.2 Å². The number of rotatable bonds is 1. The molecule has 4 heteroatoms. The fraction of sp³-hybridized carbons (Fsp3) is 0.182. The van der Waals surface area contributed by atoms with E-state index in [4.69, 9.17) is 17.3 Å². The third-order valence-electron chi connectivity index (χ3n) is 1.66. The molecule has 78 valence electrons. The highest BCUT2D eigenvalue weighted by Crippen LogP contribution is 2.16. The van der Waals surface area contributed by atoms with Crippen LogP contribution >= 0.6 is 11.6 Å². The molecule has 0 saturated carbocycles. The fourth-order valence-corrected chi connectivity index (χ4v) is 1.14. The number of hydrogen-bond donors (Lipinski definition) is 2. The summed E-state index contributed by atoms with van der Waals surface area (Å²) < 4.78 is 0. The number of hydrogen-bond acceptors (Lipinski definition) is 2. The number of anilines is 1. The van der Waals surface area contributed by atoms with Crippen LogP contribution in [0.3, 0.4) is 0 Å². The lowest BCUT2D eigenvalue weighted by molar-refractivity contribution is -0.118. The van der Waals surface area contributed by atoms with Gasteiger partial charge in [-0.2, -0.15) is 0 Å². The number of carbonyl (C=O) groups is 1. The minimum Gasteiger partial charge on any atom is -0.398 e. The summed E-state index contributed by atoms with van der Waals surface area (Å²) in [7, 11) is 0. The summed E-state index contributed by atoms with van der Waals surface area (Å²) in [6, 6.07) is 5.11. The number of halogens is 1. The molecule has 0 bridgehead atoms. The van der Waals surface area contributed by atoms with Gasteiger partial charge in [-0.3, -0.25) is 4.79 Å². The Morgan fingerprint density at radius 3 is 2.93 bits per heavy atom. The summed E-state index contributed by atoms with van der Waals surface area (Å²) in [5.74, 6) is 5.53. The largest absolute Gasteiger partial charge is 0.398 e. The first-order valence-corrected chi connectivity index (χ1v) is 4.75. The molecule has 1 rings (SSSR count). The second-order valence-electron chi connectivity index (χ2n) is 2.94. The summed E-state index contributed by atoms with van der Waals surface area (Å²) in [4.78, 5) is 10.5. The Balaban J connectivity index is 2.67. The molecule has 0 unspecified atom stereocenters. The van der Waals surface area contributed by atoms with Gasteiger partial charge in [-0.1, -0.05) is 23.4 Å². The monoisotopic (exact) mass is 222 g/mol. The van der Waals surface area contributed by atoms with Crippen LogP contribution < -0.4 is 11.1 Å². The molecule has 0 aliphatic heterocycles. The SMILES string of the molecule is CC(=O)NCC#Cc1ccc(Cl)cc1N. The van der Waals surface area contributed by atoms with Gasteiger partial charge >= 0.3 is 0 Å². The van der Waals surface area contributed by atoms with Crippen LogP contribution in [0.15, 0.2) is 18.2 Å². The first-order valence-electron chi connectivity index (χ1n) is 4.38. The zero-order valence-electron chi connectivity index (χ0n) is 8.30. The lowest BCUT2D eigenvalue weighted by Gasteiger charge is -1.97. The molecule has 1 amide bonds. The summed E-state index contributed by atoms with van der Waals surface area (Å²) in [6.07, 6.45) is 0. The number of nitrogens with two attached hydrogens (primary N) is 1. The van der Waals surface area contributed by atoms with Crippen LogP contribution in [0.25, 0.3) is 0 Å². The molecule has 15 heavy (non-hydrogen) atoms. The maximum atomic E-state index is 10.5. The average molecular weight is 223 g/mol. The minimum absolute atomic E-state index is 0.103. The predicted octanol–water partition coefficient (Wildman–Crippen LogP) is 1.41. The maximum Gasteiger partial charge on any atom is 0.217 e. The second-order valence-corrected chi connectivity index (χ2v) is 3.38. The highest BCUT2D eigenvalue weighted by molar-refractivity contribution is 6.30. The summed E-state index contributed by atoms with van der Waals surface area (Å²) in [5.41, 5.74) is 6.94. The maximum absolute atomic E-state index is 10.5. The summed E-state index contributed by atoms with van der Waals surface area (Å²) in [6.45, 7) is 1.76. The standard InChI is InChI=1S/C11H11ClN2O/c1-8(15)14-6-2-3-9-4-5-10(12)7-11(9)13/h4-5,7H,6,13H2,1H3,(H,14,15). The van der Waals surface area contributed by atoms with Crippen molar-refractivity contribution in [2.24, 2.45) is 0 Å². The van der Waals surface area contributed by atoms with Gasteiger partial charge in [-0.05, 0) is 18.2 Å². The van der Waals surface area contributed by atoms with Crippen molar-refractivity contribution in [2.45, 2.75) is 6.92 Å². The molecule has 3 nitrogen and oxygen atoms in total. The molecule has 0 saturated heterocycles. The molecule has 0 spiro atoms.